The van der Waals surface area contributed by atoms with Crippen LogP contribution in [0.1, 0.15) is 55.8 Å². The third kappa shape index (κ3) is 2.97. The molecule has 8 nitrogen and oxygen atoms in total. The average molecular weight is 413 g/mol. The second-order valence-electron chi connectivity index (χ2n) is 8.15. The van der Waals surface area contributed by atoms with E-state index in [-0.39, 0.29) is 43.2 Å². The van der Waals surface area contributed by atoms with Gasteiger partial charge in [0.05, 0.1) is 11.3 Å². The van der Waals surface area contributed by atoms with E-state index >= 15 is 0 Å². The van der Waals surface area contributed by atoms with E-state index < -0.39 is 11.6 Å². The van der Waals surface area contributed by atoms with Crippen molar-refractivity contribution in [3.8, 4) is 0 Å². The van der Waals surface area contributed by atoms with Gasteiger partial charge >= 0.3 is 5.97 Å². The van der Waals surface area contributed by atoms with Crippen LogP contribution in [0, 0.1) is 0 Å². The largest absolute Gasteiger partial charge is 0.452 e. The Morgan fingerprint density at radius 1 is 1.20 bits per heavy atom. The van der Waals surface area contributed by atoms with E-state index in [0.717, 1.165) is 25.7 Å². The Balaban J connectivity index is 1.57. The standard InChI is InChI=1S/C22H27N3O5/c1-3-15-8-6-7-13-24(15)19(27)14-30-21(29)22-12-11-18(26)25(22)17-10-5-4-9-16(17)20(28)23(22)2/h4-5,9-10,15H,3,6-8,11-14H2,1-2H3/t15-,22-/m1/s1. The molecular weight excluding hydrogens is 386 g/mol. The lowest BCUT2D eigenvalue weighted by atomic mass is 9.97. The summed E-state index contributed by atoms with van der Waals surface area (Å²) in [7, 11) is 1.50. The first kappa shape index (κ1) is 20.4. The van der Waals surface area contributed by atoms with Crippen LogP contribution in [0.5, 0.6) is 0 Å². The molecule has 30 heavy (non-hydrogen) atoms. The molecular formula is C22H27N3O5. The van der Waals surface area contributed by atoms with Crippen molar-refractivity contribution in [2.45, 2.75) is 57.2 Å². The number of anilines is 1. The van der Waals surface area contributed by atoms with Crippen LogP contribution in [0.4, 0.5) is 5.69 Å². The van der Waals surface area contributed by atoms with Gasteiger partial charge in [-0.1, -0.05) is 19.1 Å². The van der Waals surface area contributed by atoms with Gasteiger partial charge in [0.2, 0.25) is 11.6 Å². The molecule has 0 radical (unpaired) electrons. The monoisotopic (exact) mass is 413 g/mol. The number of fused-ring (bicyclic) bond motifs is 3. The molecule has 2 atom stereocenters. The van der Waals surface area contributed by atoms with E-state index in [2.05, 4.69) is 0 Å². The predicted molar refractivity (Wildman–Crippen MR) is 109 cm³/mol. The van der Waals surface area contributed by atoms with Crippen LogP contribution < -0.4 is 4.90 Å². The minimum atomic E-state index is -1.55. The molecule has 8 heteroatoms. The molecule has 0 bridgehead atoms. The fourth-order valence-corrected chi connectivity index (χ4v) is 4.97. The number of benzene rings is 1. The van der Waals surface area contributed by atoms with E-state index in [1.165, 1.54) is 16.8 Å². The van der Waals surface area contributed by atoms with Crippen molar-refractivity contribution in [3.63, 3.8) is 0 Å². The first-order chi connectivity index (χ1) is 14.4. The first-order valence-electron chi connectivity index (χ1n) is 10.6. The van der Waals surface area contributed by atoms with E-state index in [1.807, 2.05) is 6.92 Å². The fraction of sp³-hybridized carbons (Fsp3) is 0.545. The van der Waals surface area contributed by atoms with E-state index in [0.29, 0.717) is 17.8 Å². The zero-order valence-electron chi connectivity index (χ0n) is 17.4. The third-order valence-corrected chi connectivity index (χ3v) is 6.61. The van der Waals surface area contributed by atoms with Gasteiger partial charge in [-0.2, -0.15) is 0 Å². The second-order valence-corrected chi connectivity index (χ2v) is 8.15. The summed E-state index contributed by atoms with van der Waals surface area (Å²) in [5, 5.41) is 0. The molecule has 1 aromatic rings. The molecule has 0 N–H and O–H groups in total. The number of carbonyl (C=O) groups is 4. The summed E-state index contributed by atoms with van der Waals surface area (Å²) >= 11 is 0. The quantitative estimate of drug-likeness (QED) is 0.704. The van der Waals surface area contributed by atoms with E-state index in [4.69, 9.17) is 4.74 Å². The summed E-state index contributed by atoms with van der Waals surface area (Å²) in [5.74, 6) is -1.56. The van der Waals surface area contributed by atoms with Gasteiger partial charge in [0.15, 0.2) is 6.61 Å². The van der Waals surface area contributed by atoms with Crippen molar-refractivity contribution in [1.82, 2.24) is 9.80 Å². The number of hydrogen-bond donors (Lipinski definition) is 0. The lowest BCUT2D eigenvalue weighted by Gasteiger charge is -2.46. The normalized spacial score (nSPS) is 25.8. The minimum absolute atomic E-state index is 0.124. The van der Waals surface area contributed by atoms with Crippen LogP contribution in [-0.4, -0.2) is 65.4 Å². The molecule has 0 aromatic heterocycles. The van der Waals surface area contributed by atoms with Gasteiger partial charge < -0.3 is 14.5 Å². The number of para-hydroxylation sites is 1. The van der Waals surface area contributed by atoms with E-state index in [9.17, 15) is 19.2 Å². The molecule has 2 saturated heterocycles. The smallest absolute Gasteiger partial charge is 0.354 e. The maximum atomic E-state index is 13.3. The van der Waals surface area contributed by atoms with Crippen LogP contribution >= 0.6 is 0 Å². The van der Waals surface area contributed by atoms with Gasteiger partial charge in [0, 0.05) is 32.5 Å². The van der Waals surface area contributed by atoms with Crippen LogP contribution in [0.15, 0.2) is 24.3 Å². The summed E-state index contributed by atoms with van der Waals surface area (Å²) in [6.45, 7) is 2.32. The number of nitrogens with zero attached hydrogens (tertiary/aromatic N) is 3. The molecule has 160 valence electrons. The second kappa shape index (κ2) is 7.74. The van der Waals surface area contributed by atoms with E-state index in [1.54, 1.807) is 29.2 Å². The summed E-state index contributed by atoms with van der Waals surface area (Å²) in [6, 6.07) is 6.91. The molecule has 0 unspecified atom stereocenters. The molecule has 3 aliphatic heterocycles. The zero-order valence-corrected chi connectivity index (χ0v) is 17.4. The number of carbonyl (C=O) groups excluding carboxylic acids is 4. The summed E-state index contributed by atoms with van der Waals surface area (Å²) in [5.41, 5.74) is -0.767. The molecule has 0 spiro atoms. The highest BCUT2D eigenvalue weighted by molar-refractivity contribution is 6.15. The Morgan fingerprint density at radius 3 is 2.73 bits per heavy atom. The first-order valence-corrected chi connectivity index (χ1v) is 10.6. The maximum Gasteiger partial charge on any atom is 0.354 e. The number of amides is 3. The third-order valence-electron chi connectivity index (χ3n) is 6.61. The molecule has 3 aliphatic rings. The number of ether oxygens (including phenoxy) is 1. The number of likely N-dealkylation sites (N-methyl/N-ethyl adjacent to an activating group) is 1. The number of piperidine rings is 1. The summed E-state index contributed by atoms with van der Waals surface area (Å²) in [6.07, 6.45) is 4.11. The SMILES string of the molecule is CC[C@@H]1CCCCN1C(=O)COC(=O)[C@@]12CCC(=O)N1c1ccccc1C(=O)N2C. The Morgan fingerprint density at radius 2 is 1.97 bits per heavy atom. The highest BCUT2D eigenvalue weighted by Crippen LogP contribution is 2.44. The van der Waals surface area contributed by atoms with Crippen molar-refractivity contribution in [2.24, 2.45) is 0 Å². The molecule has 0 aliphatic carbocycles. The lowest BCUT2D eigenvalue weighted by Crippen LogP contribution is -2.67. The molecule has 2 fully saturated rings. The predicted octanol–water partition coefficient (Wildman–Crippen LogP) is 1.93. The van der Waals surface area contributed by atoms with Crippen LogP contribution in [0.2, 0.25) is 0 Å². The number of esters is 1. The van der Waals surface area contributed by atoms with Crippen molar-refractivity contribution >= 4 is 29.4 Å². The maximum absolute atomic E-state index is 13.3. The van der Waals surface area contributed by atoms with Gasteiger partial charge in [-0.05, 0) is 37.8 Å². The van der Waals surface area contributed by atoms with Gasteiger partial charge in [-0.15, -0.1) is 0 Å². The Bertz CT molecular complexity index is 901. The Hall–Kier alpha value is -2.90. The summed E-state index contributed by atoms with van der Waals surface area (Å²) in [4.78, 5) is 56.1. The van der Waals surface area contributed by atoms with Gasteiger partial charge in [0.1, 0.15) is 0 Å². The topological polar surface area (TPSA) is 87.2 Å². The highest BCUT2D eigenvalue weighted by Gasteiger charge is 2.60. The molecule has 0 saturated carbocycles. The number of hydrogen-bond acceptors (Lipinski definition) is 5. The van der Waals surface area contributed by atoms with Crippen LogP contribution in [-0.2, 0) is 19.1 Å². The summed E-state index contributed by atoms with van der Waals surface area (Å²) < 4.78 is 5.46. The highest BCUT2D eigenvalue weighted by atomic mass is 16.5. The molecule has 4 rings (SSSR count). The Labute approximate surface area is 175 Å². The van der Waals surface area contributed by atoms with Crippen molar-refractivity contribution in [2.75, 3.05) is 25.1 Å². The number of rotatable bonds is 4. The minimum Gasteiger partial charge on any atom is -0.452 e. The molecule has 3 heterocycles. The van der Waals surface area contributed by atoms with Gasteiger partial charge in [0.25, 0.3) is 11.8 Å². The van der Waals surface area contributed by atoms with Gasteiger partial charge in [-0.3, -0.25) is 19.3 Å². The average Bonchev–Trinajstić information content (AvgIpc) is 3.14. The van der Waals surface area contributed by atoms with Gasteiger partial charge in [-0.25, -0.2) is 4.79 Å². The zero-order chi connectivity index (χ0) is 21.5. The fourth-order valence-electron chi connectivity index (χ4n) is 4.97. The van der Waals surface area contributed by atoms with Crippen LogP contribution in [0.3, 0.4) is 0 Å². The van der Waals surface area contributed by atoms with Crippen molar-refractivity contribution < 1.29 is 23.9 Å². The van der Waals surface area contributed by atoms with Crippen LogP contribution in [0.25, 0.3) is 0 Å². The lowest BCUT2D eigenvalue weighted by molar-refractivity contribution is -0.162. The Kier molecular flexibility index (Phi) is 5.26. The molecule has 3 amide bonds. The van der Waals surface area contributed by atoms with Crippen molar-refractivity contribution in [1.29, 1.82) is 0 Å². The molecule has 1 aromatic carbocycles. The van der Waals surface area contributed by atoms with Crippen molar-refractivity contribution in [3.05, 3.63) is 29.8 Å². The number of likely N-dealkylation sites (tertiary alicyclic amines) is 1.